The highest BCUT2D eigenvalue weighted by atomic mass is 16.5. The summed E-state index contributed by atoms with van der Waals surface area (Å²) in [5, 5.41) is 6.80. The minimum atomic E-state index is 0.326. The van der Waals surface area contributed by atoms with Crippen molar-refractivity contribution >= 4 is 5.96 Å². The lowest BCUT2D eigenvalue weighted by molar-refractivity contribution is 0.0211. The molecule has 2 aliphatic rings. The van der Waals surface area contributed by atoms with E-state index in [1.165, 1.54) is 12.8 Å². The molecule has 3 rings (SSSR count). The Bertz CT molecular complexity index is 613. The zero-order valence-electron chi connectivity index (χ0n) is 17.3. The van der Waals surface area contributed by atoms with E-state index in [4.69, 9.17) is 14.5 Å². The number of nitrogens with one attached hydrogen (secondary N) is 2. The van der Waals surface area contributed by atoms with Crippen LogP contribution in [0.15, 0.2) is 23.3 Å². The summed E-state index contributed by atoms with van der Waals surface area (Å²) in [5.41, 5.74) is 1.11. The van der Waals surface area contributed by atoms with Gasteiger partial charge in [-0.05, 0) is 51.2 Å². The number of aliphatic imine (C=N–C) groups is 1. The van der Waals surface area contributed by atoms with E-state index in [0.29, 0.717) is 18.7 Å². The van der Waals surface area contributed by atoms with E-state index in [1.54, 1.807) is 0 Å². The van der Waals surface area contributed by atoms with Crippen LogP contribution in [0, 0.1) is 0 Å². The summed E-state index contributed by atoms with van der Waals surface area (Å²) in [5.74, 6) is 1.57. The van der Waals surface area contributed by atoms with Crippen molar-refractivity contribution in [3.05, 3.63) is 23.9 Å². The molecule has 1 saturated heterocycles. The molecule has 7 heteroatoms. The van der Waals surface area contributed by atoms with Gasteiger partial charge in [0.1, 0.15) is 6.10 Å². The molecule has 1 saturated carbocycles. The van der Waals surface area contributed by atoms with Gasteiger partial charge in [-0.3, -0.25) is 4.90 Å². The quantitative estimate of drug-likeness (QED) is 0.525. The second-order valence-electron chi connectivity index (χ2n) is 7.60. The summed E-state index contributed by atoms with van der Waals surface area (Å²) in [4.78, 5) is 11.6. The minimum Gasteiger partial charge on any atom is -0.474 e. The molecule has 0 bridgehead atoms. The molecule has 1 aliphatic heterocycles. The number of ether oxygens (including phenoxy) is 2. The average molecular weight is 390 g/mol. The van der Waals surface area contributed by atoms with Gasteiger partial charge in [0.15, 0.2) is 5.96 Å². The van der Waals surface area contributed by atoms with Crippen molar-refractivity contribution in [2.45, 2.75) is 58.2 Å². The second-order valence-corrected chi connectivity index (χ2v) is 7.60. The SMILES string of the molecule is CCNC(=NCc1ccnc(OC2CCCC2)c1)NCC(C)N1CCOCC1. The van der Waals surface area contributed by atoms with Gasteiger partial charge in [-0.1, -0.05) is 0 Å². The van der Waals surface area contributed by atoms with E-state index in [2.05, 4.69) is 34.4 Å². The Hall–Kier alpha value is -1.86. The van der Waals surface area contributed by atoms with Crippen molar-refractivity contribution in [2.24, 2.45) is 4.99 Å². The number of aromatic nitrogens is 1. The highest BCUT2D eigenvalue weighted by Gasteiger charge is 2.18. The largest absolute Gasteiger partial charge is 0.474 e. The number of hydrogen-bond donors (Lipinski definition) is 2. The Kier molecular flexibility index (Phi) is 8.36. The maximum atomic E-state index is 6.01. The fraction of sp³-hybridized carbons (Fsp3) is 0.714. The molecule has 2 heterocycles. The van der Waals surface area contributed by atoms with Crippen LogP contribution in [0.3, 0.4) is 0 Å². The number of rotatable bonds is 8. The Morgan fingerprint density at radius 3 is 2.86 bits per heavy atom. The predicted octanol–water partition coefficient (Wildman–Crippen LogP) is 2.18. The van der Waals surface area contributed by atoms with Gasteiger partial charge in [0.25, 0.3) is 0 Å². The van der Waals surface area contributed by atoms with Gasteiger partial charge in [0, 0.05) is 44.5 Å². The summed E-state index contributed by atoms with van der Waals surface area (Å²) in [6.07, 6.45) is 6.94. The maximum absolute atomic E-state index is 6.01. The molecule has 0 radical (unpaired) electrons. The van der Waals surface area contributed by atoms with Gasteiger partial charge in [-0.25, -0.2) is 9.98 Å². The lowest BCUT2D eigenvalue weighted by Gasteiger charge is -2.32. The van der Waals surface area contributed by atoms with E-state index >= 15 is 0 Å². The molecule has 2 fully saturated rings. The second kappa shape index (κ2) is 11.2. The van der Waals surface area contributed by atoms with Crippen molar-refractivity contribution in [3.8, 4) is 5.88 Å². The molecule has 7 nitrogen and oxygen atoms in total. The number of hydrogen-bond acceptors (Lipinski definition) is 5. The molecule has 1 atom stereocenters. The van der Waals surface area contributed by atoms with Crippen LogP contribution in [0.1, 0.15) is 45.1 Å². The summed E-state index contributed by atoms with van der Waals surface area (Å²) >= 11 is 0. The molecule has 1 aliphatic carbocycles. The van der Waals surface area contributed by atoms with Gasteiger partial charge < -0.3 is 20.1 Å². The first-order valence-electron chi connectivity index (χ1n) is 10.7. The standard InChI is InChI=1S/C21H35N5O2/c1-3-22-21(24-15-17(2)26-10-12-27-13-11-26)25-16-18-8-9-23-20(14-18)28-19-6-4-5-7-19/h8-9,14,17,19H,3-7,10-13,15-16H2,1-2H3,(H2,22,24,25). The van der Waals surface area contributed by atoms with Crippen LogP contribution in [-0.4, -0.2) is 67.4 Å². The summed E-state index contributed by atoms with van der Waals surface area (Å²) in [7, 11) is 0. The Labute approximate surface area is 168 Å². The van der Waals surface area contributed by atoms with Gasteiger partial charge >= 0.3 is 0 Å². The highest BCUT2D eigenvalue weighted by molar-refractivity contribution is 5.79. The Morgan fingerprint density at radius 1 is 1.32 bits per heavy atom. The van der Waals surface area contributed by atoms with Gasteiger partial charge in [-0.2, -0.15) is 0 Å². The monoisotopic (exact) mass is 389 g/mol. The van der Waals surface area contributed by atoms with Gasteiger partial charge in [-0.15, -0.1) is 0 Å². The lowest BCUT2D eigenvalue weighted by Crippen LogP contribution is -2.49. The molecule has 0 amide bonds. The molecule has 156 valence electrons. The molecule has 2 N–H and O–H groups in total. The van der Waals surface area contributed by atoms with E-state index in [1.807, 2.05) is 18.3 Å². The van der Waals surface area contributed by atoms with Crippen LogP contribution in [0.4, 0.5) is 0 Å². The van der Waals surface area contributed by atoms with E-state index in [0.717, 1.165) is 69.6 Å². The number of pyridine rings is 1. The summed E-state index contributed by atoms with van der Waals surface area (Å²) in [6.45, 7) is 10.3. The van der Waals surface area contributed by atoms with Crippen molar-refractivity contribution in [1.29, 1.82) is 0 Å². The topological polar surface area (TPSA) is 71.0 Å². The Morgan fingerprint density at radius 2 is 2.11 bits per heavy atom. The minimum absolute atomic E-state index is 0.326. The molecule has 1 unspecified atom stereocenters. The zero-order chi connectivity index (χ0) is 19.6. The third-order valence-corrected chi connectivity index (χ3v) is 5.39. The molecule has 0 aromatic carbocycles. The zero-order valence-corrected chi connectivity index (χ0v) is 17.3. The van der Waals surface area contributed by atoms with Crippen molar-refractivity contribution in [2.75, 3.05) is 39.4 Å². The number of guanidine groups is 1. The normalized spacial score (nSPS) is 20.1. The van der Waals surface area contributed by atoms with Crippen LogP contribution < -0.4 is 15.4 Å². The van der Waals surface area contributed by atoms with Crippen molar-refractivity contribution < 1.29 is 9.47 Å². The van der Waals surface area contributed by atoms with Crippen molar-refractivity contribution in [3.63, 3.8) is 0 Å². The molecule has 28 heavy (non-hydrogen) atoms. The number of nitrogens with zero attached hydrogens (tertiary/aromatic N) is 3. The van der Waals surface area contributed by atoms with Crippen LogP contribution in [0.25, 0.3) is 0 Å². The number of morpholine rings is 1. The van der Waals surface area contributed by atoms with Gasteiger partial charge in [0.2, 0.25) is 5.88 Å². The third kappa shape index (κ3) is 6.63. The first-order valence-corrected chi connectivity index (χ1v) is 10.7. The molecule has 0 spiro atoms. The lowest BCUT2D eigenvalue weighted by atomic mass is 10.2. The Balaban J connectivity index is 1.51. The van der Waals surface area contributed by atoms with Crippen LogP contribution in [0.5, 0.6) is 5.88 Å². The first kappa shape index (κ1) is 20.9. The highest BCUT2D eigenvalue weighted by Crippen LogP contribution is 2.23. The average Bonchev–Trinajstić information content (AvgIpc) is 3.24. The van der Waals surface area contributed by atoms with Crippen LogP contribution in [-0.2, 0) is 11.3 Å². The van der Waals surface area contributed by atoms with Crippen molar-refractivity contribution in [1.82, 2.24) is 20.5 Å². The fourth-order valence-electron chi connectivity index (χ4n) is 3.69. The van der Waals surface area contributed by atoms with E-state index in [-0.39, 0.29) is 0 Å². The predicted molar refractivity (Wildman–Crippen MR) is 112 cm³/mol. The van der Waals surface area contributed by atoms with E-state index in [9.17, 15) is 0 Å². The van der Waals surface area contributed by atoms with Gasteiger partial charge in [0.05, 0.1) is 19.8 Å². The van der Waals surface area contributed by atoms with Crippen LogP contribution in [0.2, 0.25) is 0 Å². The smallest absolute Gasteiger partial charge is 0.213 e. The maximum Gasteiger partial charge on any atom is 0.213 e. The molecular weight excluding hydrogens is 354 g/mol. The molecule has 1 aromatic rings. The summed E-state index contributed by atoms with van der Waals surface area (Å²) < 4.78 is 11.4. The molecular formula is C21H35N5O2. The third-order valence-electron chi connectivity index (χ3n) is 5.39. The van der Waals surface area contributed by atoms with E-state index < -0.39 is 0 Å². The first-order chi connectivity index (χ1) is 13.7. The molecule has 1 aromatic heterocycles. The van der Waals surface area contributed by atoms with Crippen LogP contribution >= 0.6 is 0 Å². The fourth-order valence-corrected chi connectivity index (χ4v) is 3.69. The summed E-state index contributed by atoms with van der Waals surface area (Å²) in [6, 6.07) is 4.47.